The predicted octanol–water partition coefficient (Wildman–Crippen LogP) is 2.71. The zero-order valence-electron chi connectivity index (χ0n) is 8.50. The SMILES string of the molecule is O=C(NC1CCC1)c1ccc(CCl)cc1. The first-order valence-corrected chi connectivity index (χ1v) is 5.79. The van der Waals surface area contributed by atoms with E-state index in [-0.39, 0.29) is 5.91 Å². The lowest BCUT2D eigenvalue weighted by Gasteiger charge is -2.26. The third-order valence-corrected chi connectivity index (χ3v) is 3.12. The maximum atomic E-state index is 11.7. The summed E-state index contributed by atoms with van der Waals surface area (Å²) in [5.74, 6) is 0.519. The van der Waals surface area contributed by atoms with Gasteiger partial charge in [-0.05, 0) is 37.0 Å². The summed E-state index contributed by atoms with van der Waals surface area (Å²) in [6, 6.07) is 7.83. The Balaban J connectivity index is 1.98. The van der Waals surface area contributed by atoms with Gasteiger partial charge in [0.2, 0.25) is 0 Å². The van der Waals surface area contributed by atoms with E-state index in [9.17, 15) is 4.79 Å². The zero-order chi connectivity index (χ0) is 10.7. The van der Waals surface area contributed by atoms with Gasteiger partial charge >= 0.3 is 0 Å². The lowest BCUT2D eigenvalue weighted by molar-refractivity contribution is 0.0917. The number of nitrogens with one attached hydrogen (secondary N) is 1. The van der Waals surface area contributed by atoms with Crippen molar-refractivity contribution in [1.82, 2.24) is 5.32 Å². The van der Waals surface area contributed by atoms with Gasteiger partial charge in [0, 0.05) is 17.5 Å². The lowest BCUT2D eigenvalue weighted by atomic mass is 9.93. The molecule has 1 saturated carbocycles. The van der Waals surface area contributed by atoms with E-state index < -0.39 is 0 Å². The van der Waals surface area contributed by atoms with Crippen molar-refractivity contribution in [3.8, 4) is 0 Å². The van der Waals surface area contributed by atoms with Gasteiger partial charge in [0.1, 0.15) is 0 Å². The fourth-order valence-corrected chi connectivity index (χ4v) is 1.74. The second-order valence-corrected chi connectivity index (χ2v) is 4.20. The summed E-state index contributed by atoms with van der Waals surface area (Å²) in [6.07, 6.45) is 3.47. The molecular formula is C12H14ClNO. The van der Waals surface area contributed by atoms with Crippen LogP contribution in [0, 0.1) is 0 Å². The molecule has 0 aliphatic heterocycles. The number of amides is 1. The monoisotopic (exact) mass is 223 g/mol. The van der Waals surface area contributed by atoms with Crippen molar-refractivity contribution < 1.29 is 4.79 Å². The molecule has 0 heterocycles. The van der Waals surface area contributed by atoms with Crippen LogP contribution < -0.4 is 5.32 Å². The van der Waals surface area contributed by atoms with E-state index in [0.717, 1.165) is 24.0 Å². The number of halogens is 1. The first-order chi connectivity index (χ1) is 7.29. The summed E-state index contributed by atoms with van der Waals surface area (Å²) < 4.78 is 0. The lowest BCUT2D eigenvalue weighted by Crippen LogP contribution is -2.39. The van der Waals surface area contributed by atoms with Gasteiger partial charge in [-0.15, -0.1) is 11.6 Å². The number of carbonyl (C=O) groups is 1. The summed E-state index contributed by atoms with van der Waals surface area (Å²) in [7, 11) is 0. The minimum absolute atomic E-state index is 0.0285. The summed E-state index contributed by atoms with van der Waals surface area (Å²) >= 11 is 5.67. The Kier molecular flexibility index (Phi) is 3.27. The molecule has 0 atom stereocenters. The van der Waals surface area contributed by atoms with Gasteiger partial charge in [0.15, 0.2) is 0 Å². The second-order valence-electron chi connectivity index (χ2n) is 3.93. The summed E-state index contributed by atoms with van der Waals surface area (Å²) in [5, 5.41) is 3.00. The normalized spacial score (nSPS) is 15.8. The van der Waals surface area contributed by atoms with Gasteiger partial charge in [0.25, 0.3) is 5.91 Å². The molecule has 0 bridgehead atoms. The first kappa shape index (κ1) is 10.5. The van der Waals surface area contributed by atoms with Crippen LogP contribution in [-0.4, -0.2) is 11.9 Å². The molecule has 0 saturated heterocycles. The number of hydrogen-bond acceptors (Lipinski definition) is 1. The van der Waals surface area contributed by atoms with Crippen LogP contribution in [0.5, 0.6) is 0 Å². The molecule has 3 heteroatoms. The Labute approximate surface area is 94.6 Å². The van der Waals surface area contributed by atoms with E-state index in [1.165, 1.54) is 6.42 Å². The van der Waals surface area contributed by atoms with Crippen LogP contribution in [0.25, 0.3) is 0 Å². The number of hydrogen-bond donors (Lipinski definition) is 1. The molecule has 2 rings (SSSR count). The smallest absolute Gasteiger partial charge is 0.251 e. The second kappa shape index (κ2) is 4.67. The number of rotatable bonds is 3. The molecule has 0 spiro atoms. The molecule has 1 aromatic carbocycles. The molecule has 0 aromatic heterocycles. The van der Waals surface area contributed by atoms with Crippen LogP contribution >= 0.6 is 11.6 Å². The van der Waals surface area contributed by atoms with Crippen molar-refractivity contribution in [2.45, 2.75) is 31.2 Å². The fraction of sp³-hybridized carbons (Fsp3) is 0.417. The molecule has 1 aliphatic rings. The van der Waals surface area contributed by atoms with Crippen LogP contribution in [0.2, 0.25) is 0 Å². The van der Waals surface area contributed by atoms with Crippen molar-refractivity contribution >= 4 is 17.5 Å². The summed E-state index contributed by atoms with van der Waals surface area (Å²) in [6.45, 7) is 0. The van der Waals surface area contributed by atoms with E-state index in [1.54, 1.807) is 0 Å². The molecule has 1 aliphatic carbocycles. The average molecular weight is 224 g/mol. The Morgan fingerprint density at radius 2 is 2.00 bits per heavy atom. The third kappa shape index (κ3) is 2.51. The predicted molar refractivity (Wildman–Crippen MR) is 61.1 cm³/mol. The number of benzene rings is 1. The molecule has 0 unspecified atom stereocenters. The van der Waals surface area contributed by atoms with E-state index in [4.69, 9.17) is 11.6 Å². The van der Waals surface area contributed by atoms with E-state index in [0.29, 0.717) is 11.9 Å². The van der Waals surface area contributed by atoms with E-state index in [1.807, 2.05) is 24.3 Å². The Bertz CT molecular complexity index is 343. The standard InChI is InChI=1S/C12H14ClNO/c13-8-9-4-6-10(7-5-9)12(15)14-11-2-1-3-11/h4-7,11H,1-3,8H2,(H,14,15). The molecule has 1 amide bonds. The molecule has 1 fully saturated rings. The topological polar surface area (TPSA) is 29.1 Å². The molecule has 1 aromatic rings. The molecule has 15 heavy (non-hydrogen) atoms. The highest BCUT2D eigenvalue weighted by Crippen LogP contribution is 2.18. The van der Waals surface area contributed by atoms with Gasteiger partial charge in [-0.3, -0.25) is 4.79 Å². The Morgan fingerprint density at radius 1 is 1.33 bits per heavy atom. The molecule has 1 N–H and O–H groups in total. The number of alkyl halides is 1. The van der Waals surface area contributed by atoms with Crippen LogP contribution in [0.1, 0.15) is 35.2 Å². The minimum Gasteiger partial charge on any atom is -0.349 e. The Morgan fingerprint density at radius 3 is 2.47 bits per heavy atom. The van der Waals surface area contributed by atoms with Gasteiger partial charge in [-0.25, -0.2) is 0 Å². The molecule has 2 nitrogen and oxygen atoms in total. The highest BCUT2D eigenvalue weighted by molar-refractivity contribution is 6.17. The summed E-state index contributed by atoms with van der Waals surface area (Å²) in [4.78, 5) is 11.7. The third-order valence-electron chi connectivity index (χ3n) is 2.81. The van der Waals surface area contributed by atoms with Crippen LogP contribution in [0.3, 0.4) is 0 Å². The highest BCUT2D eigenvalue weighted by atomic mass is 35.5. The molecule has 80 valence electrons. The highest BCUT2D eigenvalue weighted by Gasteiger charge is 2.19. The van der Waals surface area contributed by atoms with Crippen molar-refractivity contribution in [3.05, 3.63) is 35.4 Å². The van der Waals surface area contributed by atoms with Gasteiger partial charge < -0.3 is 5.32 Å². The van der Waals surface area contributed by atoms with Crippen molar-refractivity contribution in [2.24, 2.45) is 0 Å². The number of carbonyl (C=O) groups excluding carboxylic acids is 1. The average Bonchev–Trinajstić information content (AvgIpc) is 2.23. The van der Waals surface area contributed by atoms with E-state index in [2.05, 4.69) is 5.32 Å². The minimum atomic E-state index is 0.0285. The van der Waals surface area contributed by atoms with Crippen LogP contribution in [0.4, 0.5) is 0 Å². The first-order valence-electron chi connectivity index (χ1n) is 5.25. The maximum Gasteiger partial charge on any atom is 0.251 e. The van der Waals surface area contributed by atoms with E-state index >= 15 is 0 Å². The largest absolute Gasteiger partial charge is 0.349 e. The maximum absolute atomic E-state index is 11.7. The van der Waals surface area contributed by atoms with Gasteiger partial charge in [-0.2, -0.15) is 0 Å². The zero-order valence-corrected chi connectivity index (χ0v) is 9.26. The molecular weight excluding hydrogens is 210 g/mol. The quantitative estimate of drug-likeness (QED) is 0.785. The van der Waals surface area contributed by atoms with Crippen molar-refractivity contribution in [3.63, 3.8) is 0 Å². The summed E-state index contributed by atoms with van der Waals surface area (Å²) in [5.41, 5.74) is 1.76. The van der Waals surface area contributed by atoms with Crippen molar-refractivity contribution in [1.29, 1.82) is 0 Å². The van der Waals surface area contributed by atoms with Gasteiger partial charge in [-0.1, -0.05) is 12.1 Å². The van der Waals surface area contributed by atoms with Gasteiger partial charge in [0.05, 0.1) is 0 Å². The van der Waals surface area contributed by atoms with Crippen molar-refractivity contribution in [2.75, 3.05) is 0 Å². The van der Waals surface area contributed by atoms with Crippen LogP contribution in [-0.2, 0) is 5.88 Å². The fourth-order valence-electron chi connectivity index (χ4n) is 1.57. The molecule has 0 radical (unpaired) electrons. The van der Waals surface area contributed by atoms with Crippen LogP contribution in [0.15, 0.2) is 24.3 Å². The Hall–Kier alpha value is -1.02.